The lowest BCUT2D eigenvalue weighted by molar-refractivity contribution is 0.667. The van der Waals surface area contributed by atoms with Crippen LogP contribution in [0.3, 0.4) is 0 Å². The van der Waals surface area contributed by atoms with E-state index in [2.05, 4.69) is 230 Å². The first-order valence-corrected chi connectivity index (χ1v) is 20.2. The summed E-state index contributed by atoms with van der Waals surface area (Å²) in [6.07, 6.45) is 0. The highest BCUT2D eigenvalue weighted by atomic mass is 16.3. The van der Waals surface area contributed by atoms with E-state index in [0.717, 1.165) is 55.7 Å². The number of rotatable bonds is 7. The van der Waals surface area contributed by atoms with Gasteiger partial charge in [0.1, 0.15) is 11.2 Å². The molecule has 278 valence electrons. The molecule has 0 atom stereocenters. The van der Waals surface area contributed by atoms with Crippen LogP contribution < -0.4 is 4.90 Å². The van der Waals surface area contributed by atoms with Crippen molar-refractivity contribution in [2.24, 2.45) is 0 Å². The van der Waals surface area contributed by atoms with Crippen LogP contribution in [-0.4, -0.2) is 0 Å². The van der Waals surface area contributed by atoms with E-state index in [0.29, 0.717) is 0 Å². The highest BCUT2D eigenvalue weighted by Crippen LogP contribution is 2.41. The second kappa shape index (κ2) is 14.4. The number of hydrogen-bond acceptors (Lipinski definition) is 2. The SMILES string of the molecule is Cc1cccc2c1oc1c(-c3ccc(N(c4ccc(-c5ccc(-c6ccc7ccccc7c6)cc5)cc4)c4ccc(-c5cccc6ccccc56)cc4)cc3)cccc12. The normalized spacial score (nSPS) is 11.5. The van der Waals surface area contributed by atoms with Crippen LogP contribution >= 0.6 is 0 Å². The third-order valence-corrected chi connectivity index (χ3v) is 11.8. The van der Waals surface area contributed by atoms with Crippen molar-refractivity contribution in [2.75, 3.05) is 4.90 Å². The Balaban J connectivity index is 0.951. The first-order valence-electron chi connectivity index (χ1n) is 20.2. The fraction of sp³-hybridized carbons (Fsp3) is 0.0175. The van der Waals surface area contributed by atoms with Gasteiger partial charge in [0.05, 0.1) is 0 Å². The van der Waals surface area contributed by atoms with E-state index in [1.54, 1.807) is 0 Å². The molecule has 1 heterocycles. The van der Waals surface area contributed by atoms with Gasteiger partial charge in [0, 0.05) is 33.4 Å². The van der Waals surface area contributed by atoms with Gasteiger partial charge in [-0.2, -0.15) is 0 Å². The highest BCUT2D eigenvalue weighted by Gasteiger charge is 2.17. The summed E-state index contributed by atoms with van der Waals surface area (Å²) in [5.41, 5.74) is 15.7. The van der Waals surface area contributed by atoms with Crippen LogP contribution in [0, 0.1) is 6.92 Å². The summed E-state index contributed by atoms with van der Waals surface area (Å²) in [5.74, 6) is 0. The summed E-state index contributed by atoms with van der Waals surface area (Å²) in [5, 5.41) is 7.31. The van der Waals surface area contributed by atoms with Crippen LogP contribution in [0.1, 0.15) is 5.56 Å². The summed E-state index contributed by atoms with van der Waals surface area (Å²) >= 11 is 0. The number of nitrogens with zero attached hydrogens (tertiary/aromatic N) is 1. The lowest BCUT2D eigenvalue weighted by Gasteiger charge is -2.26. The lowest BCUT2D eigenvalue weighted by atomic mass is 9.97. The second-order valence-electron chi connectivity index (χ2n) is 15.4. The minimum absolute atomic E-state index is 0.923. The van der Waals surface area contributed by atoms with Gasteiger partial charge in [0.25, 0.3) is 0 Å². The zero-order valence-electron chi connectivity index (χ0n) is 32.6. The van der Waals surface area contributed by atoms with Crippen LogP contribution in [0.5, 0.6) is 0 Å². The third kappa shape index (κ3) is 6.23. The Morgan fingerprint density at radius 1 is 0.305 bits per heavy atom. The first kappa shape index (κ1) is 34.6. The van der Waals surface area contributed by atoms with Gasteiger partial charge in [-0.05, 0) is 115 Å². The molecule has 2 nitrogen and oxygen atoms in total. The van der Waals surface area contributed by atoms with Gasteiger partial charge in [-0.15, -0.1) is 0 Å². The number of benzene rings is 10. The van der Waals surface area contributed by atoms with E-state index in [1.165, 1.54) is 54.9 Å². The Kier molecular flexibility index (Phi) is 8.41. The number of anilines is 3. The van der Waals surface area contributed by atoms with Crippen LogP contribution in [0.15, 0.2) is 223 Å². The zero-order chi connectivity index (χ0) is 39.3. The predicted molar refractivity (Wildman–Crippen MR) is 250 cm³/mol. The molecule has 10 aromatic carbocycles. The Bertz CT molecular complexity index is 3300. The zero-order valence-corrected chi connectivity index (χ0v) is 32.6. The van der Waals surface area contributed by atoms with Crippen molar-refractivity contribution in [1.29, 1.82) is 0 Å². The predicted octanol–water partition coefficient (Wildman–Crippen LogP) is 16.3. The summed E-state index contributed by atoms with van der Waals surface area (Å²) in [4.78, 5) is 2.34. The van der Waals surface area contributed by atoms with Crippen molar-refractivity contribution >= 4 is 60.5 Å². The van der Waals surface area contributed by atoms with E-state index in [9.17, 15) is 0 Å². The minimum Gasteiger partial charge on any atom is -0.455 e. The molecule has 0 N–H and O–H groups in total. The molecule has 0 aliphatic rings. The van der Waals surface area contributed by atoms with E-state index in [-0.39, 0.29) is 0 Å². The van der Waals surface area contributed by atoms with Crippen molar-refractivity contribution in [3.8, 4) is 44.5 Å². The molecule has 0 amide bonds. The quantitative estimate of drug-likeness (QED) is 0.161. The van der Waals surface area contributed by atoms with Crippen molar-refractivity contribution in [3.63, 3.8) is 0 Å². The molecule has 0 bridgehead atoms. The average Bonchev–Trinajstić information content (AvgIpc) is 3.70. The van der Waals surface area contributed by atoms with Crippen LogP contribution in [0.25, 0.3) is 88.0 Å². The standard InChI is InChI=1S/C57H39NO/c1-38-9-6-17-54-55-18-8-16-53(57(55)59-56(38)54)45-29-35-50(36-30-45)58(49-33-27-44(28-34-49)52-15-7-13-43-11-4-5-14-51(43)52)48-31-25-41(26-32-48)40-19-21-42(22-20-40)47-24-23-39-10-2-3-12-46(39)37-47/h2-37H,1H3. The molecule has 0 saturated heterocycles. The van der Waals surface area contributed by atoms with Crippen molar-refractivity contribution < 1.29 is 4.42 Å². The van der Waals surface area contributed by atoms with Crippen LogP contribution in [0.2, 0.25) is 0 Å². The molecule has 59 heavy (non-hydrogen) atoms. The average molecular weight is 754 g/mol. The van der Waals surface area contributed by atoms with Gasteiger partial charge < -0.3 is 9.32 Å². The molecule has 0 fully saturated rings. The number of furan rings is 1. The molecule has 1 aromatic heterocycles. The fourth-order valence-corrected chi connectivity index (χ4v) is 8.72. The smallest absolute Gasteiger partial charge is 0.143 e. The highest BCUT2D eigenvalue weighted by molar-refractivity contribution is 6.10. The summed E-state index contributed by atoms with van der Waals surface area (Å²) < 4.78 is 6.54. The van der Waals surface area contributed by atoms with E-state index < -0.39 is 0 Å². The maximum absolute atomic E-state index is 6.54. The number of fused-ring (bicyclic) bond motifs is 5. The molecule has 0 spiro atoms. The monoisotopic (exact) mass is 753 g/mol. The van der Waals surface area contributed by atoms with Crippen LogP contribution in [-0.2, 0) is 0 Å². The largest absolute Gasteiger partial charge is 0.455 e. The van der Waals surface area contributed by atoms with Crippen molar-refractivity contribution in [2.45, 2.75) is 6.92 Å². The van der Waals surface area contributed by atoms with E-state index in [1.807, 2.05) is 0 Å². The second-order valence-corrected chi connectivity index (χ2v) is 15.4. The molecule has 0 aliphatic carbocycles. The number of aryl methyl sites for hydroxylation is 1. The maximum Gasteiger partial charge on any atom is 0.143 e. The van der Waals surface area contributed by atoms with Gasteiger partial charge in [0.2, 0.25) is 0 Å². The Hall–Kier alpha value is -7.68. The van der Waals surface area contributed by atoms with Gasteiger partial charge in [-0.3, -0.25) is 0 Å². The molecule has 11 aromatic rings. The molecular weight excluding hydrogens is 715 g/mol. The summed E-state index contributed by atoms with van der Waals surface area (Å²) in [7, 11) is 0. The molecule has 0 unspecified atom stereocenters. The first-order chi connectivity index (χ1) is 29.1. The molecule has 2 heteroatoms. The van der Waals surface area contributed by atoms with Gasteiger partial charge in [0.15, 0.2) is 0 Å². The van der Waals surface area contributed by atoms with Gasteiger partial charge in [-0.1, -0.05) is 176 Å². The minimum atomic E-state index is 0.923. The maximum atomic E-state index is 6.54. The number of para-hydroxylation sites is 2. The molecular formula is C57H39NO. The Labute approximate surface area is 343 Å². The molecule has 11 rings (SSSR count). The van der Waals surface area contributed by atoms with Crippen LogP contribution in [0.4, 0.5) is 17.1 Å². The number of hydrogen-bond donors (Lipinski definition) is 0. The molecule has 0 radical (unpaired) electrons. The lowest BCUT2D eigenvalue weighted by Crippen LogP contribution is -2.09. The van der Waals surface area contributed by atoms with Gasteiger partial charge in [-0.25, -0.2) is 0 Å². The fourth-order valence-electron chi connectivity index (χ4n) is 8.72. The van der Waals surface area contributed by atoms with Crippen molar-refractivity contribution in [1.82, 2.24) is 0 Å². The molecule has 0 saturated carbocycles. The summed E-state index contributed by atoms with van der Waals surface area (Å²) in [6, 6.07) is 78.8. The van der Waals surface area contributed by atoms with E-state index in [4.69, 9.17) is 4.42 Å². The Morgan fingerprint density at radius 2 is 0.746 bits per heavy atom. The topological polar surface area (TPSA) is 16.4 Å². The van der Waals surface area contributed by atoms with E-state index >= 15 is 0 Å². The molecule has 0 aliphatic heterocycles. The third-order valence-electron chi connectivity index (χ3n) is 11.8. The van der Waals surface area contributed by atoms with Gasteiger partial charge >= 0.3 is 0 Å². The van der Waals surface area contributed by atoms with Crippen molar-refractivity contribution in [3.05, 3.63) is 224 Å². The summed E-state index contributed by atoms with van der Waals surface area (Å²) in [6.45, 7) is 2.11. The Morgan fingerprint density at radius 3 is 1.42 bits per heavy atom.